The minimum Gasteiger partial charge on any atom is -0.396 e. The first kappa shape index (κ1) is 10.4. The highest BCUT2D eigenvalue weighted by Gasteiger charge is 2.16. The SMILES string of the molecule is CC(CO)c1c(F)cc(Cl)cc1F. The van der Waals surface area contributed by atoms with Gasteiger partial charge in [0.2, 0.25) is 0 Å². The lowest BCUT2D eigenvalue weighted by Crippen LogP contribution is -2.05. The lowest BCUT2D eigenvalue weighted by Gasteiger charge is -2.10. The first-order valence-corrected chi connectivity index (χ1v) is 4.19. The van der Waals surface area contributed by atoms with Crippen LogP contribution in [-0.2, 0) is 0 Å². The van der Waals surface area contributed by atoms with Crippen molar-refractivity contribution in [1.82, 2.24) is 0 Å². The minimum atomic E-state index is -0.716. The van der Waals surface area contributed by atoms with E-state index in [9.17, 15) is 8.78 Å². The van der Waals surface area contributed by atoms with Gasteiger partial charge in [-0.2, -0.15) is 0 Å². The Bertz CT molecular complexity index is 291. The molecule has 0 aliphatic heterocycles. The maximum Gasteiger partial charge on any atom is 0.131 e. The highest BCUT2D eigenvalue weighted by molar-refractivity contribution is 6.30. The van der Waals surface area contributed by atoms with Gasteiger partial charge >= 0.3 is 0 Å². The molecule has 1 aromatic carbocycles. The van der Waals surface area contributed by atoms with Crippen molar-refractivity contribution in [2.24, 2.45) is 0 Å². The van der Waals surface area contributed by atoms with E-state index in [-0.39, 0.29) is 17.2 Å². The highest BCUT2D eigenvalue weighted by Crippen LogP contribution is 2.25. The third-order valence-electron chi connectivity index (χ3n) is 1.81. The van der Waals surface area contributed by atoms with Gasteiger partial charge in [-0.25, -0.2) is 8.78 Å². The van der Waals surface area contributed by atoms with Crippen molar-refractivity contribution in [1.29, 1.82) is 0 Å². The van der Waals surface area contributed by atoms with Gasteiger partial charge in [-0.1, -0.05) is 18.5 Å². The van der Waals surface area contributed by atoms with E-state index < -0.39 is 17.6 Å². The number of rotatable bonds is 2. The first-order valence-electron chi connectivity index (χ1n) is 3.81. The van der Waals surface area contributed by atoms with Gasteiger partial charge < -0.3 is 5.11 Å². The van der Waals surface area contributed by atoms with Crippen molar-refractivity contribution in [3.63, 3.8) is 0 Å². The van der Waals surface area contributed by atoms with Crippen LogP contribution in [0.3, 0.4) is 0 Å². The average molecular weight is 207 g/mol. The Hall–Kier alpha value is -0.670. The Balaban J connectivity index is 3.20. The van der Waals surface area contributed by atoms with Crippen LogP contribution in [0.15, 0.2) is 12.1 Å². The van der Waals surface area contributed by atoms with E-state index >= 15 is 0 Å². The van der Waals surface area contributed by atoms with Gasteiger partial charge in [0.15, 0.2) is 0 Å². The van der Waals surface area contributed by atoms with Crippen LogP contribution in [0.2, 0.25) is 5.02 Å². The second-order valence-electron chi connectivity index (χ2n) is 2.87. The summed E-state index contributed by atoms with van der Waals surface area (Å²) in [6.45, 7) is 1.24. The minimum absolute atomic E-state index is 0.0175. The van der Waals surface area contributed by atoms with Gasteiger partial charge in [0, 0.05) is 23.1 Å². The molecule has 0 saturated heterocycles. The summed E-state index contributed by atoms with van der Waals surface area (Å²) >= 11 is 5.43. The molecule has 0 aliphatic rings. The zero-order chi connectivity index (χ0) is 10.0. The molecule has 4 heteroatoms. The Labute approximate surface area is 80.0 Å². The summed E-state index contributed by atoms with van der Waals surface area (Å²) in [5, 5.41) is 8.76. The molecule has 0 saturated carbocycles. The molecular formula is C9H9ClF2O. The number of halogens is 3. The third kappa shape index (κ3) is 2.17. The molecule has 0 amide bonds. The standard InChI is InChI=1S/C9H9ClF2O/c1-5(4-13)9-7(11)2-6(10)3-8(9)12/h2-3,5,13H,4H2,1H3. The quantitative estimate of drug-likeness (QED) is 0.789. The molecule has 1 aromatic rings. The molecular weight excluding hydrogens is 198 g/mol. The van der Waals surface area contributed by atoms with Crippen molar-refractivity contribution < 1.29 is 13.9 Å². The van der Waals surface area contributed by atoms with Crippen molar-refractivity contribution in [3.05, 3.63) is 34.4 Å². The largest absolute Gasteiger partial charge is 0.396 e. The molecule has 0 aliphatic carbocycles. The maximum atomic E-state index is 13.1. The number of hydrogen-bond acceptors (Lipinski definition) is 1. The van der Waals surface area contributed by atoms with E-state index in [1.807, 2.05) is 0 Å². The van der Waals surface area contributed by atoms with E-state index in [2.05, 4.69) is 0 Å². The molecule has 0 fully saturated rings. The maximum absolute atomic E-state index is 13.1. The second kappa shape index (κ2) is 4.03. The lowest BCUT2D eigenvalue weighted by atomic mass is 10.0. The monoisotopic (exact) mass is 206 g/mol. The zero-order valence-corrected chi connectivity index (χ0v) is 7.78. The predicted molar refractivity (Wildman–Crippen MR) is 46.9 cm³/mol. The number of hydrogen-bond donors (Lipinski definition) is 1. The second-order valence-corrected chi connectivity index (χ2v) is 3.30. The fourth-order valence-electron chi connectivity index (χ4n) is 1.12. The van der Waals surface area contributed by atoms with Crippen LogP contribution in [0.25, 0.3) is 0 Å². The normalized spacial score (nSPS) is 13.0. The van der Waals surface area contributed by atoms with Crippen molar-refractivity contribution in [2.75, 3.05) is 6.61 Å². The summed E-state index contributed by atoms with van der Waals surface area (Å²) in [5.74, 6) is -1.99. The molecule has 13 heavy (non-hydrogen) atoms. The third-order valence-corrected chi connectivity index (χ3v) is 2.03. The summed E-state index contributed by atoms with van der Waals surface area (Å²) in [5.41, 5.74) is -0.119. The van der Waals surface area contributed by atoms with Crippen LogP contribution < -0.4 is 0 Å². The molecule has 0 spiro atoms. The van der Waals surface area contributed by atoms with E-state index in [0.717, 1.165) is 12.1 Å². The lowest BCUT2D eigenvalue weighted by molar-refractivity contribution is 0.267. The van der Waals surface area contributed by atoms with E-state index in [1.165, 1.54) is 6.92 Å². The fraction of sp³-hybridized carbons (Fsp3) is 0.333. The molecule has 1 atom stereocenters. The molecule has 0 radical (unpaired) electrons. The Morgan fingerprint density at radius 3 is 2.23 bits per heavy atom. The van der Waals surface area contributed by atoms with Crippen LogP contribution in [0.4, 0.5) is 8.78 Å². The molecule has 1 unspecified atom stereocenters. The van der Waals surface area contributed by atoms with Gasteiger partial charge in [0.1, 0.15) is 11.6 Å². The van der Waals surface area contributed by atoms with Gasteiger partial charge in [0.25, 0.3) is 0 Å². The smallest absolute Gasteiger partial charge is 0.131 e. The Morgan fingerprint density at radius 2 is 1.85 bits per heavy atom. The van der Waals surface area contributed by atoms with Crippen molar-refractivity contribution >= 4 is 11.6 Å². The van der Waals surface area contributed by atoms with E-state index in [4.69, 9.17) is 16.7 Å². The predicted octanol–water partition coefficient (Wildman–Crippen LogP) is 2.71. The Kier molecular flexibility index (Phi) is 3.22. The fourth-order valence-corrected chi connectivity index (χ4v) is 1.31. The summed E-state index contributed by atoms with van der Waals surface area (Å²) < 4.78 is 26.2. The van der Waals surface area contributed by atoms with Gasteiger partial charge in [0.05, 0.1) is 0 Å². The van der Waals surface area contributed by atoms with E-state index in [1.54, 1.807) is 0 Å². The Morgan fingerprint density at radius 1 is 1.38 bits per heavy atom. The topological polar surface area (TPSA) is 20.2 Å². The van der Waals surface area contributed by atoms with Crippen LogP contribution in [0.5, 0.6) is 0 Å². The summed E-state index contributed by atoms with van der Waals surface area (Å²) in [6, 6.07) is 2.07. The molecule has 1 N–H and O–H groups in total. The molecule has 0 heterocycles. The van der Waals surface area contributed by atoms with Crippen LogP contribution >= 0.6 is 11.6 Å². The van der Waals surface area contributed by atoms with Gasteiger partial charge in [-0.3, -0.25) is 0 Å². The molecule has 72 valence electrons. The summed E-state index contributed by atoms with van der Waals surface area (Å²) in [4.78, 5) is 0. The summed E-state index contributed by atoms with van der Waals surface area (Å²) in [7, 11) is 0. The van der Waals surface area contributed by atoms with Gasteiger partial charge in [-0.15, -0.1) is 0 Å². The van der Waals surface area contributed by atoms with Crippen molar-refractivity contribution in [3.8, 4) is 0 Å². The van der Waals surface area contributed by atoms with Crippen LogP contribution in [-0.4, -0.2) is 11.7 Å². The molecule has 1 nitrogen and oxygen atoms in total. The number of benzene rings is 1. The zero-order valence-electron chi connectivity index (χ0n) is 7.02. The molecule has 0 aromatic heterocycles. The van der Waals surface area contributed by atoms with Crippen LogP contribution in [0, 0.1) is 11.6 Å². The molecule has 1 rings (SSSR count). The van der Waals surface area contributed by atoms with Crippen molar-refractivity contribution in [2.45, 2.75) is 12.8 Å². The van der Waals surface area contributed by atoms with Crippen LogP contribution in [0.1, 0.15) is 18.4 Å². The van der Waals surface area contributed by atoms with Gasteiger partial charge in [-0.05, 0) is 12.1 Å². The number of aliphatic hydroxyl groups excluding tert-OH is 1. The highest BCUT2D eigenvalue weighted by atomic mass is 35.5. The summed E-state index contributed by atoms with van der Waals surface area (Å²) in [6.07, 6.45) is 0. The first-order chi connectivity index (χ1) is 6.06. The van der Waals surface area contributed by atoms with E-state index in [0.29, 0.717) is 0 Å². The number of aliphatic hydroxyl groups is 1. The molecule has 0 bridgehead atoms. The average Bonchev–Trinajstić information content (AvgIpc) is 2.02.